The third kappa shape index (κ3) is 9.67. The molecular weight excluding hydrogens is 587 g/mol. The number of ether oxygens (including phenoxy) is 3. The molecule has 35 heavy (non-hydrogen) atoms. The van der Waals surface area contributed by atoms with Gasteiger partial charge in [-0.1, -0.05) is 29.8 Å². The van der Waals surface area contributed by atoms with E-state index in [2.05, 4.69) is 0 Å². The summed E-state index contributed by atoms with van der Waals surface area (Å²) in [7, 11) is -2.64. The molecule has 0 aromatic heterocycles. The predicted octanol–water partition coefficient (Wildman–Crippen LogP) is 0.848. The van der Waals surface area contributed by atoms with Gasteiger partial charge in [-0.2, -0.15) is 0 Å². The summed E-state index contributed by atoms with van der Waals surface area (Å²) in [5.41, 5.74) is 1.63. The van der Waals surface area contributed by atoms with E-state index >= 15 is 0 Å². The highest BCUT2D eigenvalue weighted by atomic mass is 127. The van der Waals surface area contributed by atoms with E-state index in [4.69, 9.17) is 14.2 Å². The lowest BCUT2D eigenvalue weighted by Gasteiger charge is -2.16. The number of carbonyl (C=O) groups excluding carboxylic acids is 2. The van der Waals surface area contributed by atoms with Crippen molar-refractivity contribution in [3.63, 3.8) is 0 Å². The normalized spacial score (nSPS) is 10.7. The Hall–Kier alpha value is -2.96. The Balaban J connectivity index is 0.000000328. The molecule has 3 aromatic carbocycles. The summed E-state index contributed by atoms with van der Waals surface area (Å²) >= 11 is -0.535. The molecular formula is C25H25IO8S. The number of aryl methyl sites for hydroxylation is 1. The van der Waals surface area contributed by atoms with Gasteiger partial charge >= 0.3 is 33.1 Å². The van der Waals surface area contributed by atoms with Crippen molar-refractivity contribution in [1.29, 1.82) is 0 Å². The standard InChI is InChI=1S/C18H18IO5.C7H8O3S/c1-12(20)23-18(24-13(2)21)16-6-4-5-7-17(16)19-14-8-10-15(22-3)11-9-14;1-6-2-4-7(5-3-6)11(8,9)10/h4-11,18H,1-3H3;2-5H,1H3,(H,8,9,10)/q+1;/p-1. The lowest BCUT2D eigenvalue weighted by molar-refractivity contribution is -0.599. The van der Waals surface area contributed by atoms with E-state index in [0.29, 0.717) is 5.56 Å². The molecule has 0 saturated heterocycles. The quantitative estimate of drug-likeness (QED) is 0.167. The van der Waals surface area contributed by atoms with E-state index in [0.717, 1.165) is 14.9 Å². The van der Waals surface area contributed by atoms with Gasteiger partial charge in [0.15, 0.2) is 3.57 Å². The van der Waals surface area contributed by atoms with Crippen LogP contribution in [0.15, 0.2) is 77.7 Å². The molecule has 0 atom stereocenters. The lowest BCUT2D eigenvalue weighted by atomic mass is 10.2. The minimum absolute atomic E-state index is 0.178. The highest BCUT2D eigenvalue weighted by molar-refractivity contribution is 7.85. The van der Waals surface area contributed by atoms with Crippen LogP contribution in [0.5, 0.6) is 5.75 Å². The maximum Gasteiger partial charge on any atom is 0.358 e. The van der Waals surface area contributed by atoms with Crippen molar-refractivity contribution >= 4 is 22.1 Å². The third-order valence-corrected chi connectivity index (χ3v) is 8.03. The predicted molar refractivity (Wildman–Crippen MR) is 122 cm³/mol. The van der Waals surface area contributed by atoms with Crippen molar-refractivity contribution in [3.8, 4) is 5.75 Å². The zero-order chi connectivity index (χ0) is 26.0. The summed E-state index contributed by atoms with van der Waals surface area (Å²) in [5.74, 6) is -0.203. The molecule has 0 amide bonds. The van der Waals surface area contributed by atoms with Gasteiger partial charge in [-0.15, -0.1) is 0 Å². The SMILES string of the molecule is COc1ccc([I+]c2ccccc2C(OC(C)=O)OC(C)=O)cc1.Cc1ccc(S(=O)(=O)[O-])cc1. The molecule has 0 aliphatic carbocycles. The van der Waals surface area contributed by atoms with E-state index in [1.165, 1.54) is 29.6 Å². The van der Waals surface area contributed by atoms with Crippen LogP contribution >= 0.6 is 0 Å². The number of esters is 2. The van der Waals surface area contributed by atoms with E-state index in [1.54, 1.807) is 19.2 Å². The van der Waals surface area contributed by atoms with Gasteiger partial charge in [-0.3, -0.25) is 9.59 Å². The molecule has 0 fully saturated rings. The maximum absolute atomic E-state index is 11.3. The van der Waals surface area contributed by atoms with Crippen LogP contribution in [0.1, 0.15) is 31.3 Å². The van der Waals surface area contributed by atoms with Crippen LogP contribution in [0.4, 0.5) is 0 Å². The largest absolute Gasteiger partial charge is 0.744 e. The first-order valence-corrected chi connectivity index (χ1v) is 13.8. The Morgan fingerprint density at radius 3 is 1.89 bits per heavy atom. The van der Waals surface area contributed by atoms with Gasteiger partial charge in [0.1, 0.15) is 15.9 Å². The molecule has 0 radical (unpaired) electrons. The van der Waals surface area contributed by atoms with E-state index in [1.807, 2.05) is 55.5 Å². The summed E-state index contributed by atoms with van der Waals surface area (Å²) in [6.07, 6.45) is -1.02. The van der Waals surface area contributed by atoms with Crippen molar-refractivity contribution in [3.05, 3.63) is 91.1 Å². The van der Waals surface area contributed by atoms with Crippen molar-refractivity contribution in [2.45, 2.75) is 32.0 Å². The van der Waals surface area contributed by atoms with Crippen molar-refractivity contribution in [1.82, 2.24) is 0 Å². The van der Waals surface area contributed by atoms with Crippen LogP contribution in [-0.4, -0.2) is 32.0 Å². The van der Waals surface area contributed by atoms with Crippen LogP contribution in [-0.2, 0) is 29.2 Å². The van der Waals surface area contributed by atoms with Gasteiger partial charge in [-0.25, -0.2) is 8.42 Å². The van der Waals surface area contributed by atoms with Crippen molar-refractivity contribution in [2.24, 2.45) is 0 Å². The second-order valence-electron chi connectivity index (χ2n) is 7.09. The monoisotopic (exact) mass is 612 g/mol. The fourth-order valence-electron chi connectivity index (χ4n) is 2.66. The van der Waals surface area contributed by atoms with Gasteiger partial charge in [0.2, 0.25) is 3.57 Å². The van der Waals surface area contributed by atoms with Gasteiger partial charge in [0, 0.05) is 13.8 Å². The van der Waals surface area contributed by atoms with Gasteiger partial charge < -0.3 is 18.8 Å². The van der Waals surface area contributed by atoms with Crippen LogP contribution in [0, 0.1) is 14.1 Å². The van der Waals surface area contributed by atoms with Crippen molar-refractivity contribution < 1.29 is 58.0 Å². The number of rotatable bonds is 7. The Labute approximate surface area is 215 Å². The lowest BCUT2D eigenvalue weighted by Crippen LogP contribution is -3.61. The molecule has 0 bridgehead atoms. The van der Waals surface area contributed by atoms with E-state index in [9.17, 15) is 22.6 Å². The second kappa shape index (κ2) is 13.2. The summed E-state index contributed by atoms with van der Waals surface area (Å²) in [5, 5.41) is 0. The first-order valence-electron chi connectivity index (χ1n) is 10.2. The molecule has 3 aromatic rings. The molecule has 0 aliphatic rings. The molecule has 0 N–H and O–H groups in total. The summed E-state index contributed by atoms with van der Waals surface area (Å²) < 4.78 is 48.9. The zero-order valence-electron chi connectivity index (χ0n) is 19.6. The van der Waals surface area contributed by atoms with Gasteiger partial charge in [0.05, 0.1) is 17.6 Å². The number of carbonyl (C=O) groups is 2. The first-order chi connectivity index (χ1) is 16.5. The molecule has 0 unspecified atom stereocenters. The topological polar surface area (TPSA) is 119 Å². The fraction of sp³-hybridized carbons (Fsp3) is 0.200. The number of methoxy groups -OCH3 is 1. The van der Waals surface area contributed by atoms with E-state index < -0.39 is 49.6 Å². The number of hydrogen-bond donors (Lipinski definition) is 0. The van der Waals surface area contributed by atoms with E-state index in [-0.39, 0.29) is 4.90 Å². The number of benzene rings is 3. The average Bonchev–Trinajstić information content (AvgIpc) is 2.79. The smallest absolute Gasteiger partial charge is 0.358 e. The molecule has 8 nitrogen and oxygen atoms in total. The Morgan fingerprint density at radius 1 is 0.857 bits per heavy atom. The van der Waals surface area contributed by atoms with Gasteiger partial charge in [-0.05, 0) is 55.5 Å². The van der Waals surface area contributed by atoms with Gasteiger partial charge in [0.25, 0.3) is 6.29 Å². The average molecular weight is 612 g/mol. The Morgan fingerprint density at radius 2 is 1.40 bits per heavy atom. The first kappa shape index (κ1) is 28.3. The second-order valence-corrected chi connectivity index (χ2v) is 11.4. The molecule has 0 heterocycles. The molecule has 0 aliphatic heterocycles. The van der Waals surface area contributed by atoms with Crippen LogP contribution in [0.3, 0.4) is 0 Å². The zero-order valence-corrected chi connectivity index (χ0v) is 22.5. The summed E-state index contributed by atoms with van der Waals surface area (Å²) in [4.78, 5) is 22.5. The maximum atomic E-state index is 11.3. The highest BCUT2D eigenvalue weighted by Crippen LogP contribution is 2.19. The van der Waals surface area contributed by atoms with Crippen LogP contribution < -0.4 is 25.9 Å². The number of halogens is 1. The minimum Gasteiger partial charge on any atom is -0.744 e. The fourth-order valence-corrected chi connectivity index (χ4v) is 5.65. The molecule has 3 rings (SSSR count). The molecule has 0 spiro atoms. The third-order valence-electron chi connectivity index (χ3n) is 4.28. The van der Waals surface area contributed by atoms with Crippen LogP contribution in [0.2, 0.25) is 0 Å². The summed E-state index contributed by atoms with van der Waals surface area (Å²) in [6.45, 7) is 4.40. The molecule has 186 valence electrons. The summed E-state index contributed by atoms with van der Waals surface area (Å²) in [6, 6.07) is 21.1. The molecule has 10 heteroatoms. The minimum atomic E-state index is -4.27. The Kier molecular flexibility index (Phi) is 10.7. The Bertz CT molecular complexity index is 1220. The highest BCUT2D eigenvalue weighted by Gasteiger charge is 2.28. The number of hydrogen-bond acceptors (Lipinski definition) is 8. The molecule has 0 saturated carbocycles. The van der Waals surface area contributed by atoms with Crippen LogP contribution in [0.25, 0.3) is 0 Å². The van der Waals surface area contributed by atoms with Crippen molar-refractivity contribution in [2.75, 3.05) is 7.11 Å².